The van der Waals surface area contributed by atoms with Gasteiger partial charge in [0, 0.05) is 32.6 Å². The molecule has 2 amide bonds. The Balaban J connectivity index is 0.00000300. The fourth-order valence-corrected chi connectivity index (χ4v) is 3.67. The van der Waals surface area contributed by atoms with Crippen LogP contribution in [0.25, 0.3) is 0 Å². The summed E-state index contributed by atoms with van der Waals surface area (Å²) in [5.41, 5.74) is 1.04. The number of piperazine rings is 1. The molecular weight excluding hydrogens is 404 g/mol. The molecule has 1 N–H and O–H groups in total. The van der Waals surface area contributed by atoms with Gasteiger partial charge < -0.3 is 14.5 Å². The van der Waals surface area contributed by atoms with Crippen molar-refractivity contribution in [3.63, 3.8) is 0 Å². The Bertz CT molecular complexity index is 727. The van der Waals surface area contributed by atoms with Crippen molar-refractivity contribution in [3.8, 4) is 5.75 Å². The fourth-order valence-electron chi connectivity index (χ4n) is 3.67. The summed E-state index contributed by atoms with van der Waals surface area (Å²) in [5.74, 6) is -2.58. The van der Waals surface area contributed by atoms with E-state index in [1.807, 2.05) is 31.2 Å². The highest BCUT2D eigenvalue weighted by Gasteiger charge is 2.44. The molecule has 2 atom stereocenters. The van der Waals surface area contributed by atoms with Crippen LogP contribution in [0, 0.1) is 0 Å². The normalized spacial score (nSPS) is 22.0. The van der Waals surface area contributed by atoms with Crippen LogP contribution in [0.3, 0.4) is 0 Å². The van der Waals surface area contributed by atoms with E-state index in [2.05, 4.69) is 5.32 Å². The van der Waals surface area contributed by atoms with Gasteiger partial charge in [-0.2, -0.15) is 0 Å². The van der Waals surface area contributed by atoms with Gasteiger partial charge in [-0.3, -0.25) is 14.9 Å². The highest BCUT2D eigenvalue weighted by molar-refractivity contribution is 5.85. The lowest BCUT2D eigenvalue weighted by atomic mass is 10.1. The maximum Gasteiger partial charge on any atom is 0.263 e. The number of hydrogen-bond donors (Lipinski definition) is 1. The SMILES string of the molecule is CCc1ccccc1OC(C)C(=O)N1CCN(C(=O)C2CC(F)(F)CN2)CC1.Cl. The van der Waals surface area contributed by atoms with Gasteiger partial charge in [-0.15, -0.1) is 12.4 Å². The summed E-state index contributed by atoms with van der Waals surface area (Å²) >= 11 is 0. The summed E-state index contributed by atoms with van der Waals surface area (Å²) in [4.78, 5) is 28.3. The Hall–Kier alpha value is -1.93. The highest BCUT2D eigenvalue weighted by atomic mass is 35.5. The number of amides is 2. The van der Waals surface area contributed by atoms with Crippen LogP contribution in [0.1, 0.15) is 25.8 Å². The molecular formula is C20H28ClF2N3O3. The number of benzene rings is 1. The van der Waals surface area contributed by atoms with E-state index in [1.54, 1.807) is 16.7 Å². The van der Waals surface area contributed by atoms with E-state index in [9.17, 15) is 18.4 Å². The number of ether oxygens (including phenoxy) is 1. The van der Waals surface area contributed by atoms with Crippen molar-refractivity contribution >= 4 is 24.2 Å². The minimum atomic E-state index is -2.83. The van der Waals surface area contributed by atoms with E-state index in [0.717, 1.165) is 12.0 Å². The molecule has 0 spiro atoms. The second-order valence-electron chi connectivity index (χ2n) is 7.37. The summed E-state index contributed by atoms with van der Waals surface area (Å²) in [6, 6.07) is 6.78. The Morgan fingerprint density at radius 2 is 1.83 bits per heavy atom. The first-order valence-electron chi connectivity index (χ1n) is 9.74. The van der Waals surface area contributed by atoms with E-state index in [-0.39, 0.29) is 24.2 Å². The molecule has 0 radical (unpaired) electrons. The van der Waals surface area contributed by atoms with Gasteiger partial charge in [0.1, 0.15) is 5.75 Å². The first-order valence-corrected chi connectivity index (χ1v) is 9.74. The van der Waals surface area contributed by atoms with E-state index >= 15 is 0 Å². The molecule has 1 aromatic rings. The van der Waals surface area contributed by atoms with Crippen molar-refractivity contribution < 1.29 is 23.1 Å². The van der Waals surface area contributed by atoms with Crippen molar-refractivity contribution in [2.75, 3.05) is 32.7 Å². The van der Waals surface area contributed by atoms with Crippen molar-refractivity contribution in [3.05, 3.63) is 29.8 Å². The number of rotatable bonds is 5. The van der Waals surface area contributed by atoms with Gasteiger partial charge in [0.25, 0.3) is 11.8 Å². The number of hydrogen-bond acceptors (Lipinski definition) is 4. The first-order chi connectivity index (χ1) is 13.3. The topological polar surface area (TPSA) is 61.9 Å². The largest absolute Gasteiger partial charge is 0.481 e. The fraction of sp³-hybridized carbons (Fsp3) is 0.600. The molecule has 1 aromatic carbocycles. The Labute approximate surface area is 176 Å². The Morgan fingerprint density at radius 1 is 1.21 bits per heavy atom. The van der Waals surface area contributed by atoms with Crippen molar-refractivity contribution in [2.24, 2.45) is 0 Å². The number of nitrogens with one attached hydrogen (secondary N) is 1. The third kappa shape index (κ3) is 5.57. The number of alkyl halides is 2. The van der Waals surface area contributed by atoms with Crippen LogP contribution in [0.2, 0.25) is 0 Å². The lowest BCUT2D eigenvalue weighted by Gasteiger charge is -2.37. The number of aryl methyl sites for hydroxylation is 1. The molecule has 0 aromatic heterocycles. The number of halogens is 3. The second kappa shape index (κ2) is 9.71. The molecule has 9 heteroatoms. The summed E-state index contributed by atoms with van der Waals surface area (Å²) in [6.45, 7) is 4.71. The van der Waals surface area contributed by atoms with Gasteiger partial charge in [0.2, 0.25) is 5.91 Å². The molecule has 0 aliphatic carbocycles. The van der Waals surface area contributed by atoms with Crippen LogP contribution < -0.4 is 10.1 Å². The number of para-hydroxylation sites is 1. The Morgan fingerprint density at radius 3 is 2.41 bits per heavy atom. The second-order valence-corrected chi connectivity index (χ2v) is 7.37. The zero-order valence-electron chi connectivity index (χ0n) is 16.7. The van der Waals surface area contributed by atoms with E-state index in [1.165, 1.54) is 0 Å². The van der Waals surface area contributed by atoms with Crippen molar-refractivity contribution in [2.45, 2.75) is 44.8 Å². The molecule has 0 saturated carbocycles. The van der Waals surface area contributed by atoms with Gasteiger partial charge in [0.05, 0.1) is 12.6 Å². The predicted molar refractivity (Wildman–Crippen MR) is 108 cm³/mol. The quantitative estimate of drug-likeness (QED) is 0.775. The van der Waals surface area contributed by atoms with Crippen LogP contribution in [0.5, 0.6) is 5.75 Å². The predicted octanol–water partition coefficient (Wildman–Crippen LogP) is 2.11. The van der Waals surface area contributed by atoms with E-state index < -0.39 is 31.0 Å². The molecule has 0 bridgehead atoms. The molecule has 6 nitrogen and oxygen atoms in total. The molecule has 2 heterocycles. The van der Waals surface area contributed by atoms with Gasteiger partial charge in [-0.25, -0.2) is 8.78 Å². The summed E-state index contributed by atoms with van der Waals surface area (Å²) in [5, 5.41) is 2.59. The number of nitrogens with zero attached hydrogens (tertiary/aromatic N) is 2. The first kappa shape index (κ1) is 23.3. The smallest absolute Gasteiger partial charge is 0.263 e. The van der Waals surface area contributed by atoms with Crippen LogP contribution >= 0.6 is 12.4 Å². The van der Waals surface area contributed by atoms with Gasteiger partial charge in [-0.05, 0) is 25.0 Å². The van der Waals surface area contributed by atoms with Gasteiger partial charge in [-0.1, -0.05) is 25.1 Å². The number of carbonyl (C=O) groups is 2. The van der Waals surface area contributed by atoms with Gasteiger partial charge >= 0.3 is 0 Å². The van der Waals surface area contributed by atoms with Crippen LogP contribution in [-0.4, -0.2) is 72.4 Å². The molecule has 3 rings (SSSR count). The minimum absolute atomic E-state index is 0. The van der Waals surface area contributed by atoms with Crippen molar-refractivity contribution in [1.29, 1.82) is 0 Å². The maximum atomic E-state index is 13.3. The molecule has 2 unspecified atom stereocenters. The molecule has 2 aliphatic heterocycles. The van der Waals surface area contributed by atoms with E-state index in [0.29, 0.717) is 31.9 Å². The van der Waals surface area contributed by atoms with Crippen LogP contribution in [0.15, 0.2) is 24.3 Å². The van der Waals surface area contributed by atoms with Gasteiger partial charge in [0.15, 0.2) is 6.10 Å². The average molecular weight is 432 g/mol. The minimum Gasteiger partial charge on any atom is -0.481 e. The Kier molecular flexibility index (Phi) is 7.82. The third-order valence-electron chi connectivity index (χ3n) is 5.32. The van der Waals surface area contributed by atoms with E-state index in [4.69, 9.17) is 4.74 Å². The molecule has 2 fully saturated rings. The summed E-state index contributed by atoms with van der Waals surface area (Å²) < 4.78 is 32.5. The average Bonchev–Trinajstić information content (AvgIpc) is 3.07. The highest BCUT2D eigenvalue weighted by Crippen LogP contribution is 2.26. The third-order valence-corrected chi connectivity index (χ3v) is 5.32. The molecule has 29 heavy (non-hydrogen) atoms. The van der Waals surface area contributed by atoms with Crippen LogP contribution in [0.4, 0.5) is 8.78 Å². The molecule has 162 valence electrons. The van der Waals surface area contributed by atoms with Crippen molar-refractivity contribution in [1.82, 2.24) is 15.1 Å². The molecule has 2 aliphatic rings. The summed E-state index contributed by atoms with van der Waals surface area (Å²) in [7, 11) is 0. The number of carbonyl (C=O) groups excluding carboxylic acids is 2. The van der Waals surface area contributed by atoms with Crippen LogP contribution in [-0.2, 0) is 16.0 Å². The zero-order valence-corrected chi connectivity index (χ0v) is 17.5. The molecule has 2 saturated heterocycles. The zero-order chi connectivity index (χ0) is 20.3. The lowest BCUT2D eigenvalue weighted by molar-refractivity contribution is -0.144. The maximum absolute atomic E-state index is 13.3. The standard InChI is InChI=1S/C20H27F2N3O3.ClH/c1-3-15-6-4-5-7-17(15)28-14(2)18(26)24-8-10-25(11-9-24)19(27)16-12-20(21,22)13-23-16;/h4-7,14,16,23H,3,8-13H2,1-2H3;1H. The summed E-state index contributed by atoms with van der Waals surface area (Å²) in [6.07, 6.45) is -0.288. The lowest BCUT2D eigenvalue weighted by Crippen LogP contribution is -2.55. The monoisotopic (exact) mass is 431 g/mol.